The number of rotatable bonds is 4. The molecule has 2 N–H and O–H groups in total. The number of nitrogens with zero attached hydrogens (tertiary/aromatic N) is 3. The van der Waals surface area contributed by atoms with Crippen molar-refractivity contribution in [2.24, 2.45) is 0 Å². The van der Waals surface area contributed by atoms with Crippen LogP contribution in [0.3, 0.4) is 0 Å². The lowest BCUT2D eigenvalue weighted by molar-refractivity contribution is 0.602. The highest BCUT2D eigenvalue weighted by Crippen LogP contribution is 2.17. The first-order chi connectivity index (χ1) is 10.5. The molecule has 1 aliphatic heterocycles. The first kappa shape index (κ1) is 14.7. The molecule has 1 atom stereocenters. The maximum atomic E-state index is 11.5. The molecular formula is C14H17N5O2S. The largest absolute Gasteiger partial charge is 0.349 e. The van der Waals surface area contributed by atoms with Crippen LogP contribution in [-0.2, 0) is 9.84 Å². The summed E-state index contributed by atoms with van der Waals surface area (Å²) in [5.41, 5.74) is 2.08. The zero-order chi connectivity index (χ0) is 15.6. The lowest BCUT2D eigenvalue weighted by Gasteiger charge is -2.11. The van der Waals surface area contributed by atoms with Crippen LogP contribution >= 0.6 is 0 Å². The third-order valence-electron chi connectivity index (χ3n) is 3.45. The molecular weight excluding hydrogens is 302 g/mol. The van der Waals surface area contributed by atoms with Gasteiger partial charge in [-0.1, -0.05) is 17.7 Å². The summed E-state index contributed by atoms with van der Waals surface area (Å²) in [6.45, 7) is 2.02. The van der Waals surface area contributed by atoms with Crippen LogP contribution in [0, 0.1) is 6.92 Å². The summed E-state index contributed by atoms with van der Waals surface area (Å²) in [6.07, 6.45) is 2.09. The van der Waals surface area contributed by atoms with Crippen LogP contribution in [0.4, 0.5) is 17.5 Å². The standard InChI is InChI=1S/C14H17N5O2S/c1-10-2-4-11(5-3-10)16-13-8-15-19-14(18-13)17-12-6-7-22(20,21)9-12/h2-5,8,12H,6-7,9H2,1H3,(H2,16,17,18,19). The van der Waals surface area contributed by atoms with E-state index in [9.17, 15) is 8.42 Å². The molecule has 0 saturated carbocycles. The van der Waals surface area contributed by atoms with Gasteiger partial charge in [-0.3, -0.25) is 0 Å². The van der Waals surface area contributed by atoms with E-state index in [1.807, 2.05) is 31.2 Å². The zero-order valence-corrected chi connectivity index (χ0v) is 13.0. The molecule has 1 aliphatic rings. The predicted molar refractivity (Wildman–Crippen MR) is 85.0 cm³/mol. The minimum absolute atomic E-state index is 0.117. The second-order valence-electron chi connectivity index (χ2n) is 5.40. The van der Waals surface area contributed by atoms with Gasteiger partial charge in [-0.25, -0.2) is 8.42 Å². The highest BCUT2D eigenvalue weighted by atomic mass is 32.2. The van der Waals surface area contributed by atoms with Gasteiger partial charge in [0, 0.05) is 11.7 Å². The molecule has 0 radical (unpaired) electrons. The van der Waals surface area contributed by atoms with Gasteiger partial charge in [-0.15, -0.1) is 5.10 Å². The van der Waals surface area contributed by atoms with E-state index in [-0.39, 0.29) is 17.5 Å². The average Bonchev–Trinajstić information content (AvgIpc) is 2.81. The summed E-state index contributed by atoms with van der Waals surface area (Å²) in [7, 11) is -2.93. The molecule has 116 valence electrons. The SMILES string of the molecule is Cc1ccc(Nc2cnnc(NC3CCS(=O)(=O)C3)n2)cc1. The molecule has 0 bridgehead atoms. The van der Waals surface area contributed by atoms with E-state index in [2.05, 4.69) is 25.8 Å². The van der Waals surface area contributed by atoms with Crippen molar-refractivity contribution >= 4 is 27.3 Å². The van der Waals surface area contributed by atoms with Crippen LogP contribution in [0.1, 0.15) is 12.0 Å². The summed E-state index contributed by atoms with van der Waals surface area (Å²) in [4.78, 5) is 4.31. The Hall–Kier alpha value is -2.22. The number of hydrogen-bond acceptors (Lipinski definition) is 7. The molecule has 0 spiro atoms. The van der Waals surface area contributed by atoms with E-state index >= 15 is 0 Å². The molecule has 0 aliphatic carbocycles. The molecule has 1 aromatic heterocycles. The summed E-state index contributed by atoms with van der Waals surface area (Å²) in [6, 6.07) is 7.75. The Bertz CT molecular complexity index is 761. The molecule has 1 saturated heterocycles. The number of aromatic nitrogens is 3. The van der Waals surface area contributed by atoms with E-state index in [0.29, 0.717) is 18.2 Å². The topological polar surface area (TPSA) is 96.9 Å². The van der Waals surface area contributed by atoms with E-state index in [1.54, 1.807) is 0 Å². The second-order valence-corrected chi connectivity index (χ2v) is 7.63. The number of benzene rings is 1. The van der Waals surface area contributed by atoms with Crippen molar-refractivity contribution in [2.45, 2.75) is 19.4 Å². The Morgan fingerprint density at radius 1 is 1.23 bits per heavy atom. The molecule has 1 aromatic carbocycles. The predicted octanol–water partition coefficient (Wildman–Crippen LogP) is 1.52. The first-order valence-electron chi connectivity index (χ1n) is 7.00. The van der Waals surface area contributed by atoms with Gasteiger partial charge in [0.15, 0.2) is 15.7 Å². The van der Waals surface area contributed by atoms with Crippen LogP contribution in [0.2, 0.25) is 0 Å². The number of aryl methyl sites for hydroxylation is 1. The minimum Gasteiger partial charge on any atom is -0.349 e. The van der Waals surface area contributed by atoms with Crippen molar-refractivity contribution in [3.63, 3.8) is 0 Å². The van der Waals surface area contributed by atoms with Gasteiger partial charge in [0.1, 0.15) is 0 Å². The summed E-state index contributed by atoms with van der Waals surface area (Å²) >= 11 is 0. The average molecular weight is 319 g/mol. The van der Waals surface area contributed by atoms with Crippen molar-refractivity contribution in [1.29, 1.82) is 0 Å². The lowest BCUT2D eigenvalue weighted by atomic mass is 10.2. The molecule has 1 unspecified atom stereocenters. The van der Waals surface area contributed by atoms with Crippen LogP contribution in [-0.4, -0.2) is 41.1 Å². The fourth-order valence-corrected chi connectivity index (χ4v) is 3.97. The number of anilines is 3. The smallest absolute Gasteiger partial charge is 0.244 e. The Morgan fingerprint density at radius 3 is 2.68 bits per heavy atom. The number of nitrogens with one attached hydrogen (secondary N) is 2. The second kappa shape index (κ2) is 5.88. The molecule has 22 heavy (non-hydrogen) atoms. The Morgan fingerprint density at radius 2 is 2.00 bits per heavy atom. The highest BCUT2D eigenvalue weighted by molar-refractivity contribution is 7.91. The molecule has 3 rings (SSSR count). The normalized spacial score (nSPS) is 19.8. The van der Waals surface area contributed by atoms with Crippen LogP contribution < -0.4 is 10.6 Å². The molecule has 8 heteroatoms. The summed E-state index contributed by atoms with van der Waals surface area (Å²) in [5, 5.41) is 14.0. The quantitative estimate of drug-likeness (QED) is 0.882. The Kier molecular flexibility index (Phi) is 3.93. The van der Waals surface area contributed by atoms with E-state index in [1.165, 1.54) is 11.8 Å². The third kappa shape index (κ3) is 3.70. The Balaban J connectivity index is 1.68. The molecule has 1 fully saturated rings. The van der Waals surface area contributed by atoms with Gasteiger partial charge in [0.05, 0.1) is 17.7 Å². The van der Waals surface area contributed by atoms with E-state index in [4.69, 9.17) is 0 Å². The van der Waals surface area contributed by atoms with Gasteiger partial charge in [0.2, 0.25) is 5.95 Å². The van der Waals surface area contributed by atoms with Gasteiger partial charge < -0.3 is 10.6 Å². The van der Waals surface area contributed by atoms with Crippen LogP contribution in [0.15, 0.2) is 30.5 Å². The fraction of sp³-hybridized carbons (Fsp3) is 0.357. The van der Waals surface area contributed by atoms with Crippen molar-refractivity contribution in [3.05, 3.63) is 36.0 Å². The van der Waals surface area contributed by atoms with Gasteiger partial charge in [-0.2, -0.15) is 10.1 Å². The van der Waals surface area contributed by atoms with E-state index in [0.717, 1.165) is 5.69 Å². The minimum atomic E-state index is -2.93. The summed E-state index contributed by atoms with van der Waals surface area (Å²) in [5.74, 6) is 1.21. The summed E-state index contributed by atoms with van der Waals surface area (Å²) < 4.78 is 22.9. The molecule has 7 nitrogen and oxygen atoms in total. The van der Waals surface area contributed by atoms with Crippen molar-refractivity contribution in [1.82, 2.24) is 15.2 Å². The maximum Gasteiger partial charge on any atom is 0.244 e. The van der Waals surface area contributed by atoms with Crippen LogP contribution in [0.5, 0.6) is 0 Å². The van der Waals surface area contributed by atoms with Crippen molar-refractivity contribution in [3.8, 4) is 0 Å². The first-order valence-corrected chi connectivity index (χ1v) is 8.83. The number of sulfone groups is 1. The van der Waals surface area contributed by atoms with Gasteiger partial charge in [-0.05, 0) is 25.5 Å². The van der Waals surface area contributed by atoms with E-state index < -0.39 is 9.84 Å². The lowest BCUT2D eigenvalue weighted by Crippen LogP contribution is -2.22. The van der Waals surface area contributed by atoms with Crippen molar-refractivity contribution < 1.29 is 8.42 Å². The molecule has 2 aromatic rings. The maximum absolute atomic E-state index is 11.5. The van der Waals surface area contributed by atoms with Crippen molar-refractivity contribution in [2.75, 3.05) is 22.1 Å². The third-order valence-corrected chi connectivity index (χ3v) is 5.22. The van der Waals surface area contributed by atoms with Gasteiger partial charge >= 0.3 is 0 Å². The fourth-order valence-electron chi connectivity index (χ4n) is 2.30. The zero-order valence-electron chi connectivity index (χ0n) is 12.2. The Labute approximate surface area is 129 Å². The molecule has 0 amide bonds. The monoisotopic (exact) mass is 319 g/mol. The van der Waals surface area contributed by atoms with Crippen LogP contribution in [0.25, 0.3) is 0 Å². The highest BCUT2D eigenvalue weighted by Gasteiger charge is 2.28. The number of hydrogen-bond donors (Lipinski definition) is 2. The molecule has 2 heterocycles. The van der Waals surface area contributed by atoms with Gasteiger partial charge in [0.25, 0.3) is 0 Å².